The first kappa shape index (κ1) is 14.3. The van der Waals surface area contributed by atoms with Crippen molar-refractivity contribution in [2.75, 3.05) is 0 Å². The number of cyclic esters (lactones) is 1. The number of hydrogen-bond acceptors (Lipinski definition) is 3. The summed E-state index contributed by atoms with van der Waals surface area (Å²) < 4.78 is 5.30. The van der Waals surface area contributed by atoms with Gasteiger partial charge in [-0.15, -0.1) is 0 Å². The molecule has 2 rings (SSSR count). The van der Waals surface area contributed by atoms with Crippen molar-refractivity contribution < 1.29 is 14.6 Å². The zero-order valence-electron chi connectivity index (χ0n) is 11.6. The van der Waals surface area contributed by atoms with Gasteiger partial charge in [-0.05, 0) is 57.3 Å². The van der Waals surface area contributed by atoms with Crippen LogP contribution < -0.4 is 0 Å². The summed E-state index contributed by atoms with van der Waals surface area (Å²) in [6, 6.07) is 0. The Morgan fingerprint density at radius 3 is 3.00 bits per heavy atom. The quantitative estimate of drug-likeness (QED) is 0.540. The lowest BCUT2D eigenvalue weighted by molar-refractivity contribution is -0.142. The van der Waals surface area contributed by atoms with E-state index < -0.39 is 0 Å². The van der Waals surface area contributed by atoms with Gasteiger partial charge in [-0.3, -0.25) is 0 Å². The topological polar surface area (TPSA) is 46.5 Å². The minimum atomic E-state index is -0.241. The summed E-state index contributed by atoms with van der Waals surface area (Å²) in [7, 11) is 0. The maximum absolute atomic E-state index is 11.6. The van der Waals surface area contributed by atoms with E-state index in [0.29, 0.717) is 11.8 Å². The lowest BCUT2D eigenvalue weighted by Crippen LogP contribution is -2.12. The molecule has 4 atom stereocenters. The Hall–Kier alpha value is -1.09. The first-order valence-electron chi connectivity index (χ1n) is 7.37. The smallest absolute Gasteiger partial charge is 0.330 e. The summed E-state index contributed by atoms with van der Waals surface area (Å²) in [5.74, 6) is 0.664. The molecule has 3 heteroatoms. The second-order valence-corrected chi connectivity index (χ2v) is 5.79. The normalized spacial score (nSPS) is 38.5. The number of allylic oxidation sites excluding steroid dienone is 3. The molecule has 1 heterocycles. The molecule has 3 nitrogen and oxygen atoms in total. The molecule has 0 radical (unpaired) electrons. The van der Waals surface area contributed by atoms with Gasteiger partial charge in [-0.25, -0.2) is 4.79 Å². The number of aliphatic hydroxyl groups is 1. The molecule has 1 aliphatic heterocycles. The first-order valence-corrected chi connectivity index (χ1v) is 7.37. The monoisotopic (exact) mass is 264 g/mol. The van der Waals surface area contributed by atoms with Crippen LogP contribution in [0.25, 0.3) is 0 Å². The summed E-state index contributed by atoms with van der Waals surface area (Å²) >= 11 is 0. The van der Waals surface area contributed by atoms with Crippen LogP contribution in [0.3, 0.4) is 0 Å². The molecular formula is C16H24O3. The van der Waals surface area contributed by atoms with Crippen molar-refractivity contribution >= 4 is 5.97 Å². The molecule has 0 aromatic rings. The second-order valence-electron chi connectivity index (χ2n) is 5.79. The number of carbonyl (C=O) groups excluding carboxylic acids is 1. The van der Waals surface area contributed by atoms with Crippen molar-refractivity contribution in [3.63, 3.8) is 0 Å². The number of carbonyl (C=O) groups is 1. The molecular weight excluding hydrogens is 240 g/mol. The Kier molecular flexibility index (Phi) is 5.20. The third-order valence-electron chi connectivity index (χ3n) is 4.10. The van der Waals surface area contributed by atoms with Crippen LogP contribution in [-0.2, 0) is 9.53 Å². The van der Waals surface area contributed by atoms with Gasteiger partial charge >= 0.3 is 5.97 Å². The third kappa shape index (κ3) is 4.50. The molecule has 19 heavy (non-hydrogen) atoms. The summed E-state index contributed by atoms with van der Waals surface area (Å²) in [6.45, 7) is 1.94. The van der Waals surface area contributed by atoms with Crippen molar-refractivity contribution in [1.82, 2.24) is 0 Å². The number of aliphatic hydroxyl groups excluding tert-OH is 1. The minimum Gasteiger partial charge on any atom is -0.460 e. The van der Waals surface area contributed by atoms with Gasteiger partial charge in [0.1, 0.15) is 0 Å². The summed E-state index contributed by atoms with van der Waals surface area (Å²) in [6.07, 6.45) is 13.2. The minimum absolute atomic E-state index is 0.00683. The van der Waals surface area contributed by atoms with Crippen molar-refractivity contribution in [1.29, 1.82) is 0 Å². The van der Waals surface area contributed by atoms with Gasteiger partial charge in [-0.2, -0.15) is 0 Å². The van der Waals surface area contributed by atoms with E-state index in [1.807, 2.05) is 13.0 Å². The number of esters is 1. The Morgan fingerprint density at radius 2 is 2.16 bits per heavy atom. The van der Waals surface area contributed by atoms with Gasteiger partial charge in [0.05, 0.1) is 12.2 Å². The van der Waals surface area contributed by atoms with Crippen LogP contribution >= 0.6 is 0 Å². The molecule has 0 aromatic heterocycles. The molecule has 1 aliphatic carbocycles. The Bertz CT molecular complexity index is 359. The van der Waals surface area contributed by atoms with Crippen LogP contribution in [0.5, 0.6) is 0 Å². The molecule has 0 bridgehead atoms. The summed E-state index contributed by atoms with van der Waals surface area (Å²) in [5, 5.41) is 9.78. The fraction of sp³-hybridized carbons (Fsp3) is 0.688. The Labute approximate surface area is 115 Å². The molecule has 2 aliphatic rings. The second kappa shape index (κ2) is 6.90. The largest absolute Gasteiger partial charge is 0.460 e. The molecule has 0 aromatic carbocycles. The maximum atomic E-state index is 11.6. The van der Waals surface area contributed by atoms with E-state index >= 15 is 0 Å². The molecule has 1 N–H and O–H groups in total. The third-order valence-corrected chi connectivity index (χ3v) is 4.10. The highest BCUT2D eigenvalue weighted by molar-refractivity contribution is 5.82. The molecule has 1 fully saturated rings. The van der Waals surface area contributed by atoms with Crippen molar-refractivity contribution in [3.05, 3.63) is 24.3 Å². The van der Waals surface area contributed by atoms with E-state index in [1.54, 1.807) is 6.08 Å². The van der Waals surface area contributed by atoms with Crippen LogP contribution in [0, 0.1) is 11.8 Å². The van der Waals surface area contributed by atoms with Gasteiger partial charge in [-0.1, -0.05) is 18.2 Å². The van der Waals surface area contributed by atoms with Crippen molar-refractivity contribution in [2.45, 2.75) is 57.7 Å². The lowest BCUT2D eigenvalue weighted by atomic mass is 9.92. The molecule has 0 unspecified atom stereocenters. The van der Waals surface area contributed by atoms with Crippen LogP contribution in [0.15, 0.2) is 24.3 Å². The molecule has 1 saturated carbocycles. The number of hydrogen-bond donors (Lipinski definition) is 1. The highest BCUT2D eigenvalue weighted by Crippen LogP contribution is 2.35. The SMILES string of the molecule is C[C@@H]1CCC/C=C/[C@H]2C[C@@H](O)C[C@@H]2CC=CC(=O)O1. The molecule has 0 spiro atoms. The van der Waals surface area contributed by atoms with Gasteiger partial charge in [0.2, 0.25) is 0 Å². The van der Waals surface area contributed by atoms with Crippen LogP contribution in [0.2, 0.25) is 0 Å². The maximum Gasteiger partial charge on any atom is 0.330 e. The van der Waals surface area contributed by atoms with E-state index in [9.17, 15) is 9.90 Å². The van der Waals surface area contributed by atoms with Gasteiger partial charge in [0, 0.05) is 6.08 Å². The van der Waals surface area contributed by atoms with E-state index in [-0.39, 0.29) is 18.2 Å². The predicted octanol–water partition coefficient (Wildman–Crippen LogP) is 2.99. The van der Waals surface area contributed by atoms with Gasteiger partial charge in [0.25, 0.3) is 0 Å². The van der Waals surface area contributed by atoms with Crippen molar-refractivity contribution in [3.8, 4) is 0 Å². The standard InChI is InChI=1S/C16H24O3/c1-12-6-3-2-4-7-13-10-15(17)11-14(13)8-5-9-16(18)19-12/h4-5,7,9,12-15,17H,2-3,6,8,10-11H2,1H3/b7-4+,9-5?/t12-,13+,14+,15-/m1/s1. The first-order chi connectivity index (χ1) is 9.15. The fourth-order valence-electron chi connectivity index (χ4n) is 3.06. The van der Waals surface area contributed by atoms with Crippen molar-refractivity contribution in [2.24, 2.45) is 11.8 Å². The highest BCUT2D eigenvalue weighted by Gasteiger charge is 2.30. The Morgan fingerprint density at radius 1 is 1.32 bits per heavy atom. The number of rotatable bonds is 0. The van der Waals surface area contributed by atoms with E-state index in [0.717, 1.165) is 38.5 Å². The van der Waals surface area contributed by atoms with Gasteiger partial charge in [0.15, 0.2) is 0 Å². The number of ether oxygens (including phenoxy) is 1. The molecule has 106 valence electrons. The lowest BCUT2D eigenvalue weighted by Gasteiger charge is -2.13. The van der Waals surface area contributed by atoms with E-state index in [1.165, 1.54) is 0 Å². The van der Waals surface area contributed by atoms with E-state index in [2.05, 4.69) is 12.2 Å². The summed E-state index contributed by atoms with van der Waals surface area (Å²) in [4.78, 5) is 11.6. The molecule has 0 saturated heterocycles. The fourth-order valence-corrected chi connectivity index (χ4v) is 3.06. The van der Waals surface area contributed by atoms with Crippen LogP contribution in [0.1, 0.15) is 45.4 Å². The van der Waals surface area contributed by atoms with Crippen LogP contribution in [0.4, 0.5) is 0 Å². The average molecular weight is 264 g/mol. The summed E-state index contributed by atoms with van der Waals surface area (Å²) in [5.41, 5.74) is 0. The predicted molar refractivity (Wildman–Crippen MR) is 74.5 cm³/mol. The number of fused-ring (bicyclic) bond motifs is 1. The average Bonchev–Trinajstić information content (AvgIpc) is 2.68. The Balaban J connectivity index is 2.02. The zero-order chi connectivity index (χ0) is 13.7. The van der Waals surface area contributed by atoms with Gasteiger partial charge < -0.3 is 9.84 Å². The highest BCUT2D eigenvalue weighted by atomic mass is 16.5. The van der Waals surface area contributed by atoms with E-state index in [4.69, 9.17) is 4.74 Å². The zero-order valence-corrected chi connectivity index (χ0v) is 11.6. The van der Waals surface area contributed by atoms with Crippen LogP contribution in [-0.4, -0.2) is 23.3 Å². The molecule has 0 amide bonds.